The highest BCUT2D eigenvalue weighted by Crippen LogP contribution is 2.04. The molecule has 64 valence electrons. The van der Waals surface area contributed by atoms with Crippen molar-refractivity contribution < 1.29 is 8.42 Å². The zero-order chi connectivity index (χ0) is 8.69. The van der Waals surface area contributed by atoms with E-state index in [1.165, 1.54) is 0 Å². The highest BCUT2D eigenvalue weighted by Gasteiger charge is 2.08. The van der Waals surface area contributed by atoms with E-state index in [0.717, 1.165) is 19.3 Å². The topological polar surface area (TPSA) is 57.9 Å². The van der Waals surface area contributed by atoms with Gasteiger partial charge < -0.3 is 0 Å². The third kappa shape index (κ3) is 4.79. The third-order valence-corrected chi connectivity index (χ3v) is 2.37. The Labute approximate surface area is 69.0 Å². The average molecular weight is 175 g/mol. The Morgan fingerprint density at radius 3 is 2.45 bits per heavy atom. The molecule has 0 bridgehead atoms. The van der Waals surface area contributed by atoms with Crippen LogP contribution in [0.4, 0.5) is 0 Å². The van der Waals surface area contributed by atoms with E-state index in [1.807, 2.05) is 6.92 Å². The summed E-state index contributed by atoms with van der Waals surface area (Å²) in [4.78, 5) is 0. The minimum Gasteiger partial charge on any atom is -0.231 e. The summed E-state index contributed by atoms with van der Waals surface area (Å²) in [6, 6.07) is 1.76. The Kier molecular flexibility index (Phi) is 5.86. The third-order valence-electron chi connectivity index (χ3n) is 1.48. The van der Waals surface area contributed by atoms with Crippen LogP contribution in [0, 0.1) is 11.3 Å². The van der Waals surface area contributed by atoms with Gasteiger partial charge in [0.25, 0.3) is 0 Å². The highest BCUT2D eigenvalue weighted by atomic mass is 32.2. The summed E-state index contributed by atoms with van der Waals surface area (Å²) in [7, 11) is -2.54. The molecule has 3 nitrogen and oxygen atoms in total. The van der Waals surface area contributed by atoms with Crippen LogP contribution < -0.4 is 0 Å². The molecule has 0 aliphatic rings. The fraction of sp³-hybridized carbons (Fsp3) is 0.857. The molecule has 0 spiro atoms. The van der Waals surface area contributed by atoms with Gasteiger partial charge in [-0.1, -0.05) is 26.2 Å². The fourth-order valence-electron chi connectivity index (χ4n) is 0.805. The van der Waals surface area contributed by atoms with Crippen molar-refractivity contribution >= 4 is 10.7 Å². The Hall–Kier alpha value is -0.560. The minimum atomic E-state index is -2.54. The lowest BCUT2D eigenvalue weighted by atomic mass is 10.2. The van der Waals surface area contributed by atoms with E-state index < -0.39 is 16.0 Å². The summed E-state index contributed by atoms with van der Waals surface area (Å²) in [5.74, 6) is 0. The maximum absolute atomic E-state index is 10.3. The zero-order valence-electron chi connectivity index (χ0n) is 6.62. The number of nitrogens with zero attached hydrogens (tertiary/aromatic N) is 1. The van der Waals surface area contributed by atoms with Gasteiger partial charge in [0, 0.05) is 0 Å². The standard InChI is InChI=1S/C7H13NO2S/c1-2-3-4-5-7(6-8)11(9)10/h7,11H,2-5H2,1H3. The van der Waals surface area contributed by atoms with E-state index in [2.05, 4.69) is 0 Å². The number of rotatable bonds is 5. The SMILES string of the molecule is CCCCCC(C#N)[SH](=O)=O. The smallest absolute Gasteiger partial charge is 0.156 e. The molecule has 1 unspecified atom stereocenters. The van der Waals surface area contributed by atoms with Crippen LogP contribution in [-0.4, -0.2) is 13.7 Å². The molecule has 0 heterocycles. The predicted molar refractivity (Wildman–Crippen MR) is 43.9 cm³/mol. The molecule has 0 amide bonds. The number of hydrogen-bond acceptors (Lipinski definition) is 3. The first-order chi connectivity index (χ1) is 5.22. The van der Waals surface area contributed by atoms with Crippen molar-refractivity contribution in [1.29, 1.82) is 5.26 Å². The molecule has 0 aromatic rings. The maximum atomic E-state index is 10.3. The van der Waals surface area contributed by atoms with Crippen molar-refractivity contribution in [2.45, 2.75) is 37.9 Å². The van der Waals surface area contributed by atoms with Crippen LogP contribution in [0.1, 0.15) is 32.6 Å². The summed E-state index contributed by atoms with van der Waals surface area (Å²) >= 11 is 0. The average Bonchev–Trinajstić information content (AvgIpc) is 1.97. The molecule has 0 N–H and O–H groups in total. The normalized spacial score (nSPS) is 12.8. The summed E-state index contributed by atoms with van der Waals surface area (Å²) < 4.78 is 20.7. The minimum absolute atomic E-state index is 0.489. The van der Waals surface area contributed by atoms with Gasteiger partial charge in [0.15, 0.2) is 10.7 Å². The highest BCUT2D eigenvalue weighted by molar-refractivity contribution is 7.73. The number of unbranched alkanes of at least 4 members (excludes halogenated alkanes) is 2. The lowest BCUT2D eigenvalue weighted by molar-refractivity contribution is 0.596. The zero-order valence-corrected chi connectivity index (χ0v) is 7.51. The Balaban J connectivity index is 3.64. The maximum Gasteiger partial charge on any atom is 0.156 e. The molecule has 0 aliphatic heterocycles. The first-order valence-electron chi connectivity index (χ1n) is 3.75. The Bertz CT molecular complexity index is 197. The molecule has 0 saturated heterocycles. The van der Waals surface area contributed by atoms with Gasteiger partial charge in [0.2, 0.25) is 0 Å². The van der Waals surface area contributed by atoms with Crippen LogP contribution in [0.5, 0.6) is 0 Å². The molecule has 1 atom stereocenters. The van der Waals surface area contributed by atoms with Crippen molar-refractivity contribution in [2.24, 2.45) is 0 Å². The van der Waals surface area contributed by atoms with E-state index in [0.29, 0.717) is 6.42 Å². The predicted octanol–water partition coefficient (Wildman–Crippen LogP) is 1.07. The summed E-state index contributed by atoms with van der Waals surface area (Å²) in [6.07, 6.45) is 3.37. The van der Waals surface area contributed by atoms with Gasteiger partial charge in [-0.25, -0.2) is 8.42 Å². The quantitative estimate of drug-likeness (QED) is 0.502. The van der Waals surface area contributed by atoms with Crippen LogP contribution in [0.2, 0.25) is 0 Å². The number of nitriles is 1. The molecule has 0 aliphatic carbocycles. The fourth-order valence-corrected chi connectivity index (χ4v) is 1.29. The van der Waals surface area contributed by atoms with Crippen molar-refractivity contribution in [2.75, 3.05) is 0 Å². The molecular formula is C7H13NO2S. The summed E-state index contributed by atoms with van der Waals surface area (Å²) in [5, 5.41) is 7.59. The van der Waals surface area contributed by atoms with Gasteiger partial charge in [-0.2, -0.15) is 5.26 Å². The lowest BCUT2D eigenvalue weighted by Crippen LogP contribution is -2.05. The molecule has 4 heteroatoms. The number of hydrogen-bond donors (Lipinski definition) is 1. The van der Waals surface area contributed by atoms with Gasteiger partial charge in [0.05, 0.1) is 6.07 Å². The molecule has 11 heavy (non-hydrogen) atoms. The molecule has 0 aromatic carbocycles. The second-order valence-electron chi connectivity index (χ2n) is 2.43. The second-order valence-corrected chi connectivity index (χ2v) is 3.62. The summed E-state index contributed by atoms with van der Waals surface area (Å²) in [5.41, 5.74) is 0. The molecule has 0 saturated carbocycles. The van der Waals surface area contributed by atoms with Crippen LogP contribution >= 0.6 is 0 Å². The van der Waals surface area contributed by atoms with Crippen molar-refractivity contribution in [1.82, 2.24) is 0 Å². The first kappa shape index (κ1) is 10.4. The first-order valence-corrected chi connectivity index (χ1v) is 5.00. The van der Waals surface area contributed by atoms with E-state index in [1.54, 1.807) is 6.07 Å². The molecule has 0 aromatic heterocycles. The summed E-state index contributed by atoms with van der Waals surface area (Å²) in [6.45, 7) is 2.04. The van der Waals surface area contributed by atoms with E-state index in [-0.39, 0.29) is 0 Å². The van der Waals surface area contributed by atoms with Crippen molar-refractivity contribution in [3.8, 4) is 6.07 Å². The Morgan fingerprint density at radius 1 is 1.45 bits per heavy atom. The number of thiol groups is 1. The van der Waals surface area contributed by atoms with E-state index in [4.69, 9.17) is 5.26 Å². The molecule has 0 rings (SSSR count). The second kappa shape index (κ2) is 6.17. The van der Waals surface area contributed by atoms with E-state index >= 15 is 0 Å². The van der Waals surface area contributed by atoms with Crippen molar-refractivity contribution in [3.63, 3.8) is 0 Å². The monoisotopic (exact) mass is 175 g/mol. The van der Waals surface area contributed by atoms with E-state index in [9.17, 15) is 8.42 Å². The Morgan fingerprint density at radius 2 is 2.09 bits per heavy atom. The molecule has 0 radical (unpaired) electrons. The largest absolute Gasteiger partial charge is 0.231 e. The van der Waals surface area contributed by atoms with Crippen LogP contribution in [0.25, 0.3) is 0 Å². The van der Waals surface area contributed by atoms with Gasteiger partial charge in [-0.15, -0.1) is 0 Å². The van der Waals surface area contributed by atoms with Gasteiger partial charge in [-0.3, -0.25) is 0 Å². The molecule has 0 fully saturated rings. The molecular weight excluding hydrogens is 162 g/mol. The van der Waals surface area contributed by atoms with Crippen LogP contribution in [-0.2, 0) is 10.7 Å². The van der Waals surface area contributed by atoms with Gasteiger partial charge in [0.1, 0.15) is 5.25 Å². The van der Waals surface area contributed by atoms with Crippen LogP contribution in [0.15, 0.2) is 0 Å². The van der Waals surface area contributed by atoms with Crippen molar-refractivity contribution in [3.05, 3.63) is 0 Å². The lowest BCUT2D eigenvalue weighted by Gasteiger charge is -1.98. The van der Waals surface area contributed by atoms with Gasteiger partial charge >= 0.3 is 0 Å². The van der Waals surface area contributed by atoms with Gasteiger partial charge in [-0.05, 0) is 6.42 Å². The van der Waals surface area contributed by atoms with Crippen LogP contribution in [0.3, 0.4) is 0 Å².